The number of aryl methyl sites for hydroxylation is 2. The quantitative estimate of drug-likeness (QED) is 0.733. The first-order valence-corrected chi connectivity index (χ1v) is 6.81. The van der Waals surface area contributed by atoms with Gasteiger partial charge in [-0.3, -0.25) is 9.48 Å². The van der Waals surface area contributed by atoms with Crippen molar-refractivity contribution >= 4 is 17.7 Å². The largest absolute Gasteiger partial charge is 0.481 e. The molecule has 110 valence electrons. The van der Waals surface area contributed by atoms with Crippen molar-refractivity contribution in [2.75, 3.05) is 5.32 Å². The molecule has 7 heteroatoms. The fourth-order valence-electron chi connectivity index (χ4n) is 2.25. The minimum absolute atomic E-state index is 0.0360. The lowest BCUT2D eigenvalue weighted by molar-refractivity contribution is -0.137. The van der Waals surface area contributed by atoms with Crippen LogP contribution in [0.4, 0.5) is 10.5 Å². The smallest absolute Gasteiger partial charge is 0.319 e. The van der Waals surface area contributed by atoms with Gasteiger partial charge in [0.15, 0.2) is 0 Å². The van der Waals surface area contributed by atoms with E-state index >= 15 is 0 Å². The lowest BCUT2D eigenvalue weighted by Gasteiger charge is -2.16. The van der Waals surface area contributed by atoms with Crippen molar-refractivity contribution in [1.82, 2.24) is 15.1 Å². The fraction of sp³-hybridized carbons (Fsp3) is 0.615. The van der Waals surface area contributed by atoms with Crippen LogP contribution in [-0.4, -0.2) is 32.9 Å². The number of hydrogen-bond acceptors (Lipinski definition) is 3. The van der Waals surface area contributed by atoms with E-state index in [9.17, 15) is 9.59 Å². The van der Waals surface area contributed by atoms with Crippen LogP contribution in [0, 0.1) is 5.92 Å². The van der Waals surface area contributed by atoms with Crippen molar-refractivity contribution in [3.05, 3.63) is 11.9 Å². The Bertz CT molecular complexity index is 508. The number of rotatable bonds is 6. The third-order valence-electron chi connectivity index (χ3n) is 3.39. The van der Waals surface area contributed by atoms with E-state index in [0.29, 0.717) is 5.69 Å². The molecule has 1 fully saturated rings. The van der Waals surface area contributed by atoms with E-state index in [-0.39, 0.29) is 24.4 Å². The molecule has 1 aromatic heterocycles. The van der Waals surface area contributed by atoms with Crippen LogP contribution >= 0.6 is 0 Å². The Morgan fingerprint density at radius 3 is 2.80 bits per heavy atom. The van der Waals surface area contributed by atoms with Gasteiger partial charge < -0.3 is 15.7 Å². The predicted octanol–water partition coefficient (Wildman–Crippen LogP) is 1.36. The van der Waals surface area contributed by atoms with E-state index in [2.05, 4.69) is 15.7 Å². The third kappa shape index (κ3) is 3.72. The highest BCUT2D eigenvalue weighted by Crippen LogP contribution is 2.34. The number of anilines is 1. The number of urea groups is 1. The van der Waals surface area contributed by atoms with Gasteiger partial charge in [0.25, 0.3) is 0 Å². The molecule has 0 spiro atoms. The summed E-state index contributed by atoms with van der Waals surface area (Å²) in [5, 5.41) is 18.6. The molecule has 0 saturated heterocycles. The number of aliphatic carboxylic acids is 1. The molecule has 1 aromatic rings. The Labute approximate surface area is 117 Å². The van der Waals surface area contributed by atoms with Gasteiger partial charge in [0.1, 0.15) is 0 Å². The molecule has 1 saturated carbocycles. The second kappa shape index (κ2) is 5.94. The van der Waals surface area contributed by atoms with Crippen LogP contribution in [-0.2, 0) is 18.3 Å². The standard InChI is InChI=1S/C13H20N4O3/c1-3-9-11(7-17(2)16-9)15-13(20)14-10(6-12(18)19)8-4-5-8/h7-8,10H,3-6H2,1-2H3,(H,18,19)(H2,14,15,20). The Hall–Kier alpha value is -2.05. The number of carboxylic acids is 1. The van der Waals surface area contributed by atoms with Crippen LogP contribution in [0.3, 0.4) is 0 Å². The highest BCUT2D eigenvalue weighted by Gasteiger charge is 2.33. The van der Waals surface area contributed by atoms with Crippen LogP contribution < -0.4 is 10.6 Å². The van der Waals surface area contributed by atoms with Gasteiger partial charge in [0.05, 0.1) is 17.8 Å². The minimum Gasteiger partial charge on any atom is -0.481 e. The third-order valence-corrected chi connectivity index (χ3v) is 3.39. The summed E-state index contributed by atoms with van der Waals surface area (Å²) >= 11 is 0. The molecule has 1 aliphatic carbocycles. The van der Waals surface area contributed by atoms with Gasteiger partial charge in [-0.2, -0.15) is 5.10 Å². The zero-order chi connectivity index (χ0) is 14.7. The van der Waals surface area contributed by atoms with E-state index in [1.807, 2.05) is 6.92 Å². The number of carbonyl (C=O) groups is 2. The number of hydrogen-bond donors (Lipinski definition) is 3. The van der Waals surface area contributed by atoms with Crippen molar-refractivity contribution in [1.29, 1.82) is 0 Å². The first-order valence-electron chi connectivity index (χ1n) is 6.81. The Balaban J connectivity index is 1.95. The molecule has 7 nitrogen and oxygen atoms in total. The van der Waals surface area contributed by atoms with Crippen molar-refractivity contribution in [2.45, 2.75) is 38.6 Å². The van der Waals surface area contributed by atoms with Crippen molar-refractivity contribution in [3.63, 3.8) is 0 Å². The zero-order valence-corrected chi connectivity index (χ0v) is 11.7. The van der Waals surface area contributed by atoms with Gasteiger partial charge >= 0.3 is 12.0 Å². The molecule has 2 rings (SSSR count). The van der Waals surface area contributed by atoms with Gasteiger partial charge in [-0.15, -0.1) is 0 Å². The van der Waals surface area contributed by atoms with Gasteiger partial charge in [-0.25, -0.2) is 4.79 Å². The summed E-state index contributed by atoms with van der Waals surface area (Å²) in [5.74, 6) is -0.603. The second-order valence-electron chi connectivity index (χ2n) is 5.16. The number of amides is 2. The van der Waals surface area contributed by atoms with Gasteiger partial charge in [0, 0.05) is 19.3 Å². The normalized spacial score (nSPS) is 15.7. The summed E-state index contributed by atoms with van der Waals surface area (Å²) in [5.41, 5.74) is 1.47. The molecular weight excluding hydrogens is 260 g/mol. The Morgan fingerprint density at radius 2 is 2.25 bits per heavy atom. The molecule has 0 aliphatic heterocycles. The molecule has 0 bridgehead atoms. The van der Waals surface area contributed by atoms with Gasteiger partial charge in [0.2, 0.25) is 0 Å². The summed E-state index contributed by atoms with van der Waals surface area (Å²) in [6.07, 6.45) is 4.38. The van der Waals surface area contributed by atoms with Crippen LogP contribution in [0.25, 0.3) is 0 Å². The monoisotopic (exact) mass is 280 g/mol. The van der Waals surface area contributed by atoms with Crippen molar-refractivity contribution in [2.24, 2.45) is 13.0 Å². The Morgan fingerprint density at radius 1 is 1.55 bits per heavy atom. The highest BCUT2D eigenvalue weighted by atomic mass is 16.4. The number of aromatic nitrogens is 2. The maximum Gasteiger partial charge on any atom is 0.319 e. The molecule has 1 unspecified atom stereocenters. The SMILES string of the molecule is CCc1nn(C)cc1NC(=O)NC(CC(=O)O)C1CC1. The lowest BCUT2D eigenvalue weighted by atomic mass is 10.1. The maximum absolute atomic E-state index is 12.0. The van der Waals surface area contributed by atoms with E-state index in [1.165, 1.54) is 0 Å². The number of carboxylic acid groups (broad SMARTS) is 1. The van der Waals surface area contributed by atoms with Crippen molar-refractivity contribution in [3.8, 4) is 0 Å². The first-order chi connectivity index (χ1) is 9.49. The molecular formula is C13H20N4O3. The molecule has 3 N–H and O–H groups in total. The van der Waals surface area contributed by atoms with E-state index in [1.54, 1.807) is 17.9 Å². The van der Waals surface area contributed by atoms with E-state index in [4.69, 9.17) is 5.11 Å². The van der Waals surface area contributed by atoms with E-state index in [0.717, 1.165) is 25.0 Å². The van der Waals surface area contributed by atoms with Gasteiger partial charge in [-0.05, 0) is 25.2 Å². The van der Waals surface area contributed by atoms with Crippen LogP contribution in [0.15, 0.2) is 6.20 Å². The molecule has 0 aromatic carbocycles. The average Bonchev–Trinajstić information content (AvgIpc) is 3.13. The maximum atomic E-state index is 12.0. The zero-order valence-electron chi connectivity index (χ0n) is 11.7. The first kappa shape index (κ1) is 14.4. The number of nitrogens with zero attached hydrogens (tertiary/aromatic N) is 2. The summed E-state index contributed by atoms with van der Waals surface area (Å²) < 4.78 is 1.64. The van der Waals surface area contributed by atoms with Crippen LogP contribution in [0.5, 0.6) is 0 Å². The predicted molar refractivity (Wildman–Crippen MR) is 73.5 cm³/mol. The summed E-state index contributed by atoms with van der Waals surface area (Å²) in [6.45, 7) is 1.96. The second-order valence-corrected chi connectivity index (χ2v) is 5.16. The van der Waals surface area contributed by atoms with Crippen LogP contribution in [0.1, 0.15) is 31.9 Å². The lowest BCUT2D eigenvalue weighted by Crippen LogP contribution is -2.40. The summed E-state index contributed by atoms with van der Waals surface area (Å²) in [6, 6.07) is -0.667. The van der Waals surface area contributed by atoms with Crippen molar-refractivity contribution < 1.29 is 14.7 Å². The van der Waals surface area contributed by atoms with E-state index < -0.39 is 5.97 Å². The van der Waals surface area contributed by atoms with Crippen LogP contribution in [0.2, 0.25) is 0 Å². The fourth-order valence-corrected chi connectivity index (χ4v) is 2.25. The molecule has 1 aliphatic rings. The minimum atomic E-state index is -0.891. The topological polar surface area (TPSA) is 96.3 Å². The average molecular weight is 280 g/mol. The summed E-state index contributed by atoms with van der Waals surface area (Å²) in [7, 11) is 1.79. The molecule has 2 amide bonds. The molecule has 1 heterocycles. The number of carbonyl (C=O) groups excluding carboxylic acids is 1. The van der Waals surface area contributed by atoms with Gasteiger partial charge in [-0.1, -0.05) is 6.92 Å². The highest BCUT2D eigenvalue weighted by molar-refractivity contribution is 5.90. The number of nitrogens with one attached hydrogen (secondary N) is 2. The summed E-state index contributed by atoms with van der Waals surface area (Å²) in [4.78, 5) is 22.8. The molecule has 0 radical (unpaired) electrons. The molecule has 1 atom stereocenters. The Kier molecular flexibility index (Phi) is 4.26. The molecule has 20 heavy (non-hydrogen) atoms.